The first-order chi connectivity index (χ1) is 12.1. The zero-order valence-corrected chi connectivity index (χ0v) is 12.8. The van der Waals surface area contributed by atoms with Gasteiger partial charge in [0.25, 0.3) is 5.88 Å². The van der Waals surface area contributed by atoms with Crippen LogP contribution in [0, 0.1) is 11.7 Å². The minimum Gasteiger partial charge on any atom is -0.481 e. The number of ether oxygens (including phenoxy) is 1. The maximum Gasteiger partial charge on any atom is 0.462 e. The quantitative estimate of drug-likeness (QED) is 0.683. The molecule has 6 nitrogen and oxygen atoms in total. The summed E-state index contributed by atoms with van der Waals surface area (Å²) in [6, 6.07) is 5.10. The topological polar surface area (TPSA) is 92.8 Å². The van der Waals surface area contributed by atoms with Gasteiger partial charge in [0, 0.05) is 12.5 Å². The molecule has 0 aliphatic rings. The maximum absolute atomic E-state index is 12.9. The van der Waals surface area contributed by atoms with Crippen molar-refractivity contribution in [3.05, 3.63) is 47.5 Å². The average molecular weight is 381 g/mol. The van der Waals surface area contributed by atoms with E-state index in [0.717, 1.165) is 12.1 Å². The number of carboxylic acids is 1. The van der Waals surface area contributed by atoms with E-state index in [1.165, 1.54) is 12.1 Å². The summed E-state index contributed by atoms with van der Waals surface area (Å²) >= 11 is 0. The van der Waals surface area contributed by atoms with E-state index in [2.05, 4.69) is 14.4 Å². The lowest BCUT2D eigenvalue weighted by Crippen LogP contribution is -2.33. The Morgan fingerprint density at radius 3 is 2.42 bits per heavy atom. The van der Waals surface area contributed by atoms with Crippen LogP contribution in [0.4, 0.5) is 22.0 Å². The van der Waals surface area contributed by atoms with E-state index in [1.54, 1.807) is 0 Å². The van der Waals surface area contributed by atoms with E-state index < -0.39 is 48.6 Å². The molecule has 0 spiro atoms. The number of benzene rings is 1. The van der Waals surface area contributed by atoms with Crippen molar-refractivity contribution in [2.45, 2.75) is 25.1 Å². The normalized spacial score (nSPS) is 14.3. The smallest absolute Gasteiger partial charge is 0.462 e. The molecule has 11 heteroatoms. The zero-order chi connectivity index (χ0) is 19.5. The number of halogens is 5. The van der Waals surface area contributed by atoms with Gasteiger partial charge in [-0.3, -0.25) is 4.79 Å². The first-order valence-electron chi connectivity index (χ1n) is 7.07. The standard InChI is InChI=1S/C15H12F5NO5/c16-8-3-1-7(2-4-8)12(22)10(13(23)24)5-9-6-11(21-26-9)25-15(19,20)14(17)18/h1-4,6,10,12,14,22H,5H2,(H,23,24). The van der Waals surface area contributed by atoms with Crippen LogP contribution < -0.4 is 4.74 Å². The monoisotopic (exact) mass is 381 g/mol. The third-order valence-electron chi connectivity index (χ3n) is 3.36. The summed E-state index contributed by atoms with van der Waals surface area (Å²) in [6.45, 7) is 0. The highest BCUT2D eigenvalue weighted by Crippen LogP contribution is 2.30. The zero-order valence-electron chi connectivity index (χ0n) is 12.8. The van der Waals surface area contributed by atoms with Gasteiger partial charge in [0.1, 0.15) is 11.6 Å². The van der Waals surface area contributed by atoms with Crippen molar-refractivity contribution in [3.8, 4) is 5.88 Å². The summed E-state index contributed by atoms with van der Waals surface area (Å²) in [6.07, 6.45) is -11.0. The highest BCUT2D eigenvalue weighted by Gasteiger charge is 2.45. The van der Waals surface area contributed by atoms with Crippen molar-refractivity contribution in [1.29, 1.82) is 0 Å². The molecule has 2 aromatic rings. The Hall–Kier alpha value is -2.69. The van der Waals surface area contributed by atoms with E-state index in [0.29, 0.717) is 6.07 Å². The highest BCUT2D eigenvalue weighted by atomic mass is 19.3. The number of aliphatic carboxylic acids is 1. The van der Waals surface area contributed by atoms with Crippen LogP contribution in [-0.2, 0) is 11.2 Å². The number of carbonyl (C=O) groups is 1. The molecule has 1 heterocycles. The Morgan fingerprint density at radius 1 is 1.27 bits per heavy atom. The number of rotatable bonds is 8. The second kappa shape index (κ2) is 7.68. The van der Waals surface area contributed by atoms with Crippen LogP contribution in [0.5, 0.6) is 5.88 Å². The Kier molecular flexibility index (Phi) is 5.80. The molecule has 26 heavy (non-hydrogen) atoms. The lowest BCUT2D eigenvalue weighted by Gasteiger charge is -2.18. The Labute approximate surface area is 142 Å². The van der Waals surface area contributed by atoms with Crippen molar-refractivity contribution < 1.29 is 46.2 Å². The van der Waals surface area contributed by atoms with Gasteiger partial charge in [0.2, 0.25) is 0 Å². The Morgan fingerprint density at radius 2 is 1.88 bits per heavy atom. The van der Waals surface area contributed by atoms with Gasteiger partial charge in [0.15, 0.2) is 0 Å². The van der Waals surface area contributed by atoms with Crippen LogP contribution in [0.3, 0.4) is 0 Å². The van der Waals surface area contributed by atoms with Gasteiger partial charge in [0.05, 0.1) is 12.0 Å². The van der Waals surface area contributed by atoms with Gasteiger partial charge in [-0.1, -0.05) is 12.1 Å². The summed E-state index contributed by atoms with van der Waals surface area (Å²) in [5.74, 6) is -4.82. The van der Waals surface area contributed by atoms with Crippen LogP contribution in [-0.4, -0.2) is 33.9 Å². The van der Waals surface area contributed by atoms with E-state index >= 15 is 0 Å². The molecule has 0 amide bonds. The summed E-state index contributed by atoms with van der Waals surface area (Å²) in [4.78, 5) is 11.4. The van der Waals surface area contributed by atoms with E-state index in [4.69, 9.17) is 0 Å². The molecule has 0 fully saturated rings. The number of aliphatic hydroxyl groups excluding tert-OH is 1. The van der Waals surface area contributed by atoms with E-state index in [1.807, 2.05) is 0 Å². The Bertz CT molecular complexity index is 749. The van der Waals surface area contributed by atoms with Gasteiger partial charge in [-0.05, 0) is 22.9 Å². The summed E-state index contributed by atoms with van der Waals surface area (Å²) in [5, 5.41) is 22.4. The van der Waals surface area contributed by atoms with Crippen molar-refractivity contribution in [1.82, 2.24) is 5.16 Å². The van der Waals surface area contributed by atoms with E-state index in [9.17, 15) is 37.0 Å². The second-order valence-corrected chi connectivity index (χ2v) is 5.24. The number of hydrogen-bond donors (Lipinski definition) is 2. The van der Waals surface area contributed by atoms with Gasteiger partial charge in [-0.25, -0.2) is 4.39 Å². The summed E-state index contributed by atoms with van der Waals surface area (Å²) < 4.78 is 70.9. The fourth-order valence-corrected chi connectivity index (χ4v) is 2.07. The molecule has 0 radical (unpaired) electrons. The fourth-order valence-electron chi connectivity index (χ4n) is 2.07. The lowest BCUT2D eigenvalue weighted by atomic mass is 9.92. The van der Waals surface area contributed by atoms with E-state index in [-0.39, 0.29) is 11.3 Å². The molecule has 1 aromatic heterocycles. The molecule has 0 saturated carbocycles. The number of aliphatic hydroxyl groups is 1. The summed E-state index contributed by atoms with van der Waals surface area (Å²) in [5.41, 5.74) is 0.0963. The molecule has 0 saturated heterocycles. The number of aromatic nitrogens is 1. The predicted molar refractivity (Wildman–Crippen MR) is 74.3 cm³/mol. The van der Waals surface area contributed by atoms with Crippen LogP contribution in [0.25, 0.3) is 0 Å². The second-order valence-electron chi connectivity index (χ2n) is 5.24. The van der Waals surface area contributed by atoms with Crippen molar-refractivity contribution in [2.24, 2.45) is 5.92 Å². The number of alkyl halides is 4. The highest BCUT2D eigenvalue weighted by molar-refractivity contribution is 5.71. The molecule has 2 N–H and O–H groups in total. The molecule has 1 aromatic carbocycles. The fraction of sp³-hybridized carbons (Fsp3) is 0.333. The molecular formula is C15H12F5NO5. The van der Waals surface area contributed by atoms with Crippen LogP contribution >= 0.6 is 0 Å². The van der Waals surface area contributed by atoms with Gasteiger partial charge < -0.3 is 19.5 Å². The molecule has 2 unspecified atom stereocenters. The van der Waals surface area contributed by atoms with Crippen molar-refractivity contribution in [2.75, 3.05) is 0 Å². The third-order valence-corrected chi connectivity index (χ3v) is 3.36. The molecule has 0 aliphatic heterocycles. The van der Waals surface area contributed by atoms with Crippen molar-refractivity contribution >= 4 is 5.97 Å². The minimum atomic E-state index is -4.80. The molecule has 142 valence electrons. The number of hydrogen-bond acceptors (Lipinski definition) is 5. The average Bonchev–Trinajstić information content (AvgIpc) is 2.98. The van der Waals surface area contributed by atoms with Gasteiger partial charge >= 0.3 is 18.5 Å². The molecule has 2 atom stereocenters. The lowest BCUT2D eigenvalue weighted by molar-refractivity contribution is -0.255. The Balaban J connectivity index is 2.13. The number of carboxylic acid groups (broad SMARTS) is 1. The van der Waals surface area contributed by atoms with Crippen molar-refractivity contribution in [3.63, 3.8) is 0 Å². The maximum atomic E-state index is 12.9. The summed E-state index contributed by atoms with van der Waals surface area (Å²) in [7, 11) is 0. The number of nitrogens with zero attached hydrogens (tertiary/aromatic N) is 1. The predicted octanol–water partition coefficient (Wildman–Crippen LogP) is 3.03. The first-order valence-corrected chi connectivity index (χ1v) is 7.07. The molecular weight excluding hydrogens is 369 g/mol. The minimum absolute atomic E-state index is 0.0963. The van der Waals surface area contributed by atoms with Crippen LogP contribution in [0.15, 0.2) is 34.9 Å². The van der Waals surface area contributed by atoms with Gasteiger partial charge in [-0.15, -0.1) is 0 Å². The molecule has 2 rings (SSSR count). The third kappa shape index (κ3) is 4.69. The largest absolute Gasteiger partial charge is 0.481 e. The first kappa shape index (κ1) is 19.6. The SMILES string of the molecule is O=C(O)C(Cc1cc(OC(F)(F)C(F)F)no1)C(O)c1ccc(F)cc1. The van der Waals surface area contributed by atoms with Gasteiger partial charge in [-0.2, -0.15) is 17.6 Å². The molecule has 0 aliphatic carbocycles. The molecule has 0 bridgehead atoms. The van der Waals surface area contributed by atoms with Crippen LogP contribution in [0.1, 0.15) is 17.4 Å². The van der Waals surface area contributed by atoms with Crippen LogP contribution in [0.2, 0.25) is 0 Å².